The zero-order valence-corrected chi connectivity index (χ0v) is 9.62. The molecule has 0 amide bonds. The molecule has 15 heavy (non-hydrogen) atoms. The minimum absolute atomic E-state index is 0.264. The molecule has 1 aromatic carbocycles. The fourth-order valence-corrected chi connectivity index (χ4v) is 2.40. The number of hydrogen-bond donors (Lipinski definition) is 1. The number of halogens is 2. The fourth-order valence-electron chi connectivity index (χ4n) is 1.34. The van der Waals surface area contributed by atoms with E-state index in [0.717, 1.165) is 10.4 Å². The predicted octanol–water partition coefficient (Wildman–Crippen LogP) is 4.10. The molecule has 0 saturated heterocycles. The van der Waals surface area contributed by atoms with Crippen molar-refractivity contribution in [2.75, 3.05) is 5.73 Å². The molecule has 0 fully saturated rings. The van der Waals surface area contributed by atoms with Gasteiger partial charge in [0.2, 0.25) is 0 Å². The lowest BCUT2D eigenvalue weighted by molar-refractivity contribution is 0.631. The summed E-state index contributed by atoms with van der Waals surface area (Å²) in [5, 5.41) is 0. The molecule has 0 spiro atoms. The first-order chi connectivity index (χ1) is 7.08. The quantitative estimate of drug-likeness (QED) is 0.748. The zero-order valence-electron chi connectivity index (χ0n) is 8.05. The van der Waals surface area contributed by atoms with Crippen LogP contribution in [0, 0.1) is 12.7 Å². The van der Waals surface area contributed by atoms with Crippen molar-refractivity contribution in [2.24, 2.45) is 0 Å². The molecule has 2 N–H and O–H groups in total. The van der Waals surface area contributed by atoms with E-state index in [1.54, 1.807) is 25.1 Å². The summed E-state index contributed by atoms with van der Waals surface area (Å²) in [4.78, 5) is 0.796. The summed E-state index contributed by atoms with van der Waals surface area (Å²) in [6.07, 6.45) is 0. The van der Waals surface area contributed by atoms with Gasteiger partial charge in [0, 0.05) is 16.1 Å². The van der Waals surface area contributed by atoms with Crippen molar-refractivity contribution in [1.82, 2.24) is 0 Å². The lowest BCUT2D eigenvalue weighted by Gasteiger charge is -2.04. The first-order valence-corrected chi connectivity index (χ1v) is 5.58. The molecule has 1 aromatic heterocycles. The van der Waals surface area contributed by atoms with Crippen LogP contribution < -0.4 is 5.73 Å². The van der Waals surface area contributed by atoms with Crippen LogP contribution in [0.5, 0.6) is 0 Å². The van der Waals surface area contributed by atoms with Crippen LogP contribution in [-0.4, -0.2) is 0 Å². The molecule has 2 rings (SSSR count). The van der Waals surface area contributed by atoms with Gasteiger partial charge in [0.1, 0.15) is 5.82 Å². The molecule has 0 aliphatic heterocycles. The minimum atomic E-state index is -0.264. The molecule has 0 atom stereocenters. The number of rotatable bonds is 1. The van der Waals surface area contributed by atoms with Crippen molar-refractivity contribution in [3.05, 3.63) is 40.0 Å². The van der Waals surface area contributed by atoms with Crippen molar-refractivity contribution in [3.63, 3.8) is 0 Å². The average molecular weight is 242 g/mol. The van der Waals surface area contributed by atoms with Gasteiger partial charge in [0.25, 0.3) is 0 Å². The smallest absolute Gasteiger partial charge is 0.132 e. The Morgan fingerprint density at radius 2 is 2.07 bits per heavy atom. The van der Waals surface area contributed by atoms with Crippen LogP contribution in [0.3, 0.4) is 0 Å². The van der Waals surface area contributed by atoms with Crippen molar-refractivity contribution < 1.29 is 4.39 Å². The van der Waals surface area contributed by atoms with Crippen LogP contribution in [0.1, 0.15) is 5.56 Å². The van der Waals surface area contributed by atoms with Crippen LogP contribution >= 0.6 is 22.9 Å². The van der Waals surface area contributed by atoms with Crippen molar-refractivity contribution >= 4 is 28.6 Å². The Bertz CT molecular complexity index is 507. The summed E-state index contributed by atoms with van der Waals surface area (Å²) in [6, 6.07) is 6.63. The van der Waals surface area contributed by atoms with E-state index in [-0.39, 0.29) is 5.82 Å². The molecular formula is C11H9ClFNS. The molecule has 0 unspecified atom stereocenters. The zero-order chi connectivity index (χ0) is 11.0. The number of anilines is 1. The van der Waals surface area contributed by atoms with E-state index in [1.165, 1.54) is 17.4 Å². The van der Waals surface area contributed by atoms with Crippen LogP contribution in [-0.2, 0) is 0 Å². The van der Waals surface area contributed by atoms with E-state index in [2.05, 4.69) is 0 Å². The Hall–Kier alpha value is -1.06. The first kappa shape index (κ1) is 10.5. The van der Waals surface area contributed by atoms with Gasteiger partial charge in [0.05, 0.1) is 4.34 Å². The molecule has 78 valence electrons. The van der Waals surface area contributed by atoms with E-state index >= 15 is 0 Å². The van der Waals surface area contributed by atoms with Gasteiger partial charge in [-0.25, -0.2) is 4.39 Å². The maximum Gasteiger partial charge on any atom is 0.132 e. The van der Waals surface area contributed by atoms with Crippen LogP contribution in [0.25, 0.3) is 10.4 Å². The van der Waals surface area contributed by atoms with Crippen LogP contribution in [0.4, 0.5) is 10.1 Å². The number of nitrogens with two attached hydrogens (primary N) is 1. The molecule has 1 nitrogen and oxygen atoms in total. The summed E-state index contributed by atoms with van der Waals surface area (Å²) in [6.45, 7) is 1.78. The summed E-state index contributed by atoms with van der Waals surface area (Å²) >= 11 is 7.14. The summed E-state index contributed by atoms with van der Waals surface area (Å²) in [5.74, 6) is -0.264. The Balaban J connectivity index is 2.58. The van der Waals surface area contributed by atoms with Crippen LogP contribution in [0.2, 0.25) is 4.34 Å². The van der Waals surface area contributed by atoms with E-state index in [9.17, 15) is 4.39 Å². The van der Waals surface area contributed by atoms with Gasteiger partial charge in [-0.2, -0.15) is 0 Å². The molecule has 0 aliphatic rings. The minimum Gasteiger partial charge on any atom is -0.398 e. The predicted molar refractivity (Wildman–Crippen MR) is 63.9 cm³/mol. The molecule has 0 saturated carbocycles. The van der Waals surface area contributed by atoms with Crippen molar-refractivity contribution in [3.8, 4) is 10.4 Å². The molecule has 0 aliphatic carbocycles. The van der Waals surface area contributed by atoms with Gasteiger partial charge in [-0.3, -0.25) is 0 Å². The number of thiophene rings is 1. The van der Waals surface area contributed by atoms with Crippen LogP contribution in [0.15, 0.2) is 24.3 Å². The first-order valence-electron chi connectivity index (χ1n) is 4.39. The molecule has 0 bridgehead atoms. The summed E-state index contributed by atoms with van der Waals surface area (Å²) < 4.78 is 14.3. The Labute approximate surface area is 96.3 Å². The monoisotopic (exact) mass is 241 g/mol. The number of hydrogen-bond acceptors (Lipinski definition) is 2. The van der Waals surface area contributed by atoms with Gasteiger partial charge in [-0.05, 0) is 36.8 Å². The van der Waals surface area contributed by atoms with Gasteiger partial charge in [0.15, 0.2) is 0 Å². The highest BCUT2D eigenvalue weighted by atomic mass is 35.5. The van der Waals surface area contributed by atoms with Gasteiger partial charge < -0.3 is 5.73 Å². The van der Waals surface area contributed by atoms with E-state index < -0.39 is 0 Å². The number of nitrogen functional groups attached to an aromatic ring is 1. The largest absolute Gasteiger partial charge is 0.398 e. The highest BCUT2D eigenvalue weighted by molar-refractivity contribution is 7.19. The van der Waals surface area contributed by atoms with Gasteiger partial charge in [-0.15, -0.1) is 11.3 Å². The second kappa shape index (κ2) is 3.83. The summed E-state index contributed by atoms with van der Waals surface area (Å²) in [7, 11) is 0. The van der Waals surface area contributed by atoms with Gasteiger partial charge >= 0.3 is 0 Å². The standard InChI is InChI=1S/C11H9ClFNS/c1-6-4-8(13)7(5-9(6)14)10-2-3-11(12)15-10/h2-5H,14H2,1H3. The normalized spacial score (nSPS) is 10.6. The van der Waals surface area contributed by atoms with E-state index in [4.69, 9.17) is 17.3 Å². The third-order valence-corrected chi connectivity index (χ3v) is 3.46. The highest BCUT2D eigenvalue weighted by Gasteiger charge is 2.09. The maximum atomic E-state index is 13.6. The lowest BCUT2D eigenvalue weighted by Crippen LogP contribution is -1.92. The SMILES string of the molecule is Cc1cc(F)c(-c2ccc(Cl)s2)cc1N. The molecule has 4 heteroatoms. The average Bonchev–Trinajstić information content (AvgIpc) is 2.58. The second-order valence-corrected chi connectivity index (χ2v) is 5.01. The Morgan fingerprint density at radius 3 is 2.67 bits per heavy atom. The lowest BCUT2D eigenvalue weighted by atomic mass is 10.1. The number of aryl methyl sites for hydroxylation is 1. The fraction of sp³-hybridized carbons (Fsp3) is 0.0909. The van der Waals surface area contributed by atoms with Crippen molar-refractivity contribution in [1.29, 1.82) is 0 Å². The van der Waals surface area contributed by atoms with E-state index in [0.29, 0.717) is 15.6 Å². The van der Waals surface area contributed by atoms with Gasteiger partial charge in [-0.1, -0.05) is 11.6 Å². The van der Waals surface area contributed by atoms with E-state index in [1.807, 2.05) is 0 Å². The number of benzene rings is 1. The third-order valence-electron chi connectivity index (χ3n) is 2.19. The van der Waals surface area contributed by atoms with Crippen molar-refractivity contribution in [2.45, 2.75) is 6.92 Å². The highest BCUT2D eigenvalue weighted by Crippen LogP contribution is 2.34. The Morgan fingerprint density at radius 1 is 1.33 bits per heavy atom. The second-order valence-electron chi connectivity index (χ2n) is 3.29. The summed E-state index contributed by atoms with van der Waals surface area (Å²) in [5.41, 5.74) is 7.59. The molecule has 2 aromatic rings. The molecule has 0 radical (unpaired) electrons. The third kappa shape index (κ3) is 1.98. The molecule has 1 heterocycles. The topological polar surface area (TPSA) is 26.0 Å². The molecular weight excluding hydrogens is 233 g/mol. The maximum absolute atomic E-state index is 13.6. The Kier molecular flexibility index (Phi) is 2.67.